The van der Waals surface area contributed by atoms with E-state index in [0.717, 1.165) is 48.7 Å². The fourth-order valence-corrected chi connectivity index (χ4v) is 2.55. The van der Waals surface area contributed by atoms with Crippen molar-refractivity contribution in [2.75, 3.05) is 23.7 Å². The van der Waals surface area contributed by atoms with Gasteiger partial charge in [0.25, 0.3) is 0 Å². The molecule has 0 bridgehead atoms. The summed E-state index contributed by atoms with van der Waals surface area (Å²) in [6, 6.07) is 9.41. The quantitative estimate of drug-likeness (QED) is 0.570. The van der Waals surface area contributed by atoms with Crippen LogP contribution in [0.15, 0.2) is 49.1 Å². The molecule has 134 valence electrons. The largest absolute Gasteiger partial charge is 0.370 e. The first-order valence-electron chi connectivity index (χ1n) is 8.20. The maximum Gasteiger partial charge on any atom is 0.131 e. The van der Waals surface area contributed by atoms with Crippen LogP contribution in [0, 0.1) is 0 Å². The second-order valence-corrected chi connectivity index (χ2v) is 6.39. The molecule has 2 N–H and O–H groups in total. The summed E-state index contributed by atoms with van der Waals surface area (Å²) in [5.41, 5.74) is 2.23. The molecule has 0 aliphatic carbocycles. The van der Waals surface area contributed by atoms with E-state index in [0.29, 0.717) is 10.3 Å². The summed E-state index contributed by atoms with van der Waals surface area (Å²) in [7, 11) is 0. The molecular formula is C18H18Cl2N6. The van der Waals surface area contributed by atoms with Crippen LogP contribution in [0.1, 0.15) is 11.1 Å². The highest BCUT2D eigenvalue weighted by atomic mass is 35.5. The molecule has 6 nitrogen and oxygen atoms in total. The van der Waals surface area contributed by atoms with Crippen molar-refractivity contribution in [3.63, 3.8) is 0 Å². The van der Waals surface area contributed by atoms with Crippen LogP contribution in [0.4, 0.5) is 11.6 Å². The molecule has 0 amide bonds. The van der Waals surface area contributed by atoms with Gasteiger partial charge in [-0.15, -0.1) is 0 Å². The monoisotopic (exact) mass is 388 g/mol. The second-order valence-electron chi connectivity index (χ2n) is 5.62. The van der Waals surface area contributed by atoms with Gasteiger partial charge in [0.2, 0.25) is 0 Å². The normalized spacial score (nSPS) is 10.5. The molecule has 0 aliphatic rings. The first-order chi connectivity index (χ1) is 12.7. The molecule has 0 radical (unpaired) electrons. The average Bonchev–Trinajstić information content (AvgIpc) is 2.65. The summed E-state index contributed by atoms with van der Waals surface area (Å²) in [6.45, 7) is 1.49. The lowest BCUT2D eigenvalue weighted by molar-refractivity contribution is 0.974. The molecule has 26 heavy (non-hydrogen) atoms. The molecule has 0 fully saturated rings. The van der Waals surface area contributed by atoms with Gasteiger partial charge in [-0.05, 0) is 36.1 Å². The van der Waals surface area contributed by atoms with Gasteiger partial charge >= 0.3 is 0 Å². The van der Waals surface area contributed by atoms with E-state index in [2.05, 4.69) is 30.6 Å². The van der Waals surface area contributed by atoms with Crippen molar-refractivity contribution >= 4 is 34.8 Å². The lowest BCUT2D eigenvalue weighted by atomic mass is 10.2. The number of rotatable bonds is 8. The molecule has 0 aromatic carbocycles. The first-order valence-corrected chi connectivity index (χ1v) is 8.95. The van der Waals surface area contributed by atoms with E-state index in [-0.39, 0.29) is 0 Å². The third-order valence-corrected chi connectivity index (χ3v) is 4.13. The van der Waals surface area contributed by atoms with Gasteiger partial charge in [-0.2, -0.15) is 0 Å². The van der Waals surface area contributed by atoms with Crippen LogP contribution in [0.2, 0.25) is 10.3 Å². The Morgan fingerprint density at radius 3 is 1.62 bits per heavy atom. The van der Waals surface area contributed by atoms with Crippen LogP contribution in [0.5, 0.6) is 0 Å². The topological polar surface area (TPSA) is 75.6 Å². The number of hydrogen-bond donors (Lipinski definition) is 2. The van der Waals surface area contributed by atoms with Gasteiger partial charge in [-0.3, -0.25) is 0 Å². The Morgan fingerprint density at radius 1 is 0.692 bits per heavy atom. The summed E-state index contributed by atoms with van der Waals surface area (Å²) in [6.07, 6.45) is 6.77. The SMILES string of the molecule is Clc1ccc(CCNc2cc(NCCc3ccc(Cl)nc3)ncn2)cn1. The van der Waals surface area contributed by atoms with Gasteiger partial charge in [0, 0.05) is 31.5 Å². The third kappa shape index (κ3) is 5.82. The van der Waals surface area contributed by atoms with E-state index >= 15 is 0 Å². The molecule has 0 unspecified atom stereocenters. The number of hydrogen-bond acceptors (Lipinski definition) is 6. The Morgan fingerprint density at radius 2 is 1.19 bits per heavy atom. The Kier molecular flexibility index (Phi) is 6.57. The van der Waals surface area contributed by atoms with Crippen LogP contribution in [-0.2, 0) is 12.8 Å². The van der Waals surface area contributed by atoms with Gasteiger partial charge < -0.3 is 10.6 Å². The lowest BCUT2D eigenvalue weighted by Crippen LogP contribution is -2.09. The van der Waals surface area contributed by atoms with Crippen molar-refractivity contribution in [3.05, 3.63) is 70.5 Å². The van der Waals surface area contributed by atoms with Gasteiger partial charge in [0.1, 0.15) is 28.3 Å². The average molecular weight is 389 g/mol. The van der Waals surface area contributed by atoms with Crippen LogP contribution < -0.4 is 10.6 Å². The number of nitrogens with one attached hydrogen (secondary N) is 2. The highest BCUT2D eigenvalue weighted by Crippen LogP contribution is 2.11. The third-order valence-electron chi connectivity index (χ3n) is 3.68. The molecule has 0 spiro atoms. The molecule has 0 saturated heterocycles. The van der Waals surface area contributed by atoms with E-state index in [1.807, 2.05) is 18.2 Å². The maximum absolute atomic E-state index is 5.79. The zero-order valence-electron chi connectivity index (χ0n) is 14.0. The highest BCUT2D eigenvalue weighted by molar-refractivity contribution is 6.29. The number of nitrogens with zero attached hydrogens (tertiary/aromatic N) is 4. The number of anilines is 2. The lowest BCUT2D eigenvalue weighted by Gasteiger charge is -2.09. The minimum Gasteiger partial charge on any atom is -0.370 e. The van der Waals surface area contributed by atoms with E-state index in [1.54, 1.807) is 30.9 Å². The Bertz CT molecular complexity index is 757. The van der Waals surface area contributed by atoms with Crippen LogP contribution in [-0.4, -0.2) is 33.0 Å². The molecular weight excluding hydrogens is 371 g/mol. The van der Waals surface area contributed by atoms with Crippen molar-refractivity contribution in [2.45, 2.75) is 12.8 Å². The van der Waals surface area contributed by atoms with Crippen LogP contribution in [0.3, 0.4) is 0 Å². The zero-order chi connectivity index (χ0) is 18.2. The van der Waals surface area contributed by atoms with Gasteiger partial charge in [0.15, 0.2) is 0 Å². The van der Waals surface area contributed by atoms with Crippen LogP contribution in [0.25, 0.3) is 0 Å². The molecule has 3 aromatic heterocycles. The van der Waals surface area contributed by atoms with Crippen molar-refractivity contribution in [3.8, 4) is 0 Å². The Hall–Kier alpha value is -2.44. The number of halogens is 2. The number of pyridine rings is 2. The Labute approximate surface area is 162 Å². The van der Waals surface area contributed by atoms with Crippen molar-refractivity contribution in [2.24, 2.45) is 0 Å². The van der Waals surface area contributed by atoms with Crippen LogP contribution >= 0.6 is 23.2 Å². The number of aromatic nitrogens is 4. The molecule has 3 rings (SSSR count). The fourth-order valence-electron chi connectivity index (χ4n) is 2.33. The zero-order valence-corrected chi connectivity index (χ0v) is 15.5. The second kappa shape index (κ2) is 9.31. The predicted molar refractivity (Wildman–Crippen MR) is 105 cm³/mol. The molecule has 0 aliphatic heterocycles. The van der Waals surface area contributed by atoms with Gasteiger partial charge in [0.05, 0.1) is 0 Å². The van der Waals surface area contributed by atoms with Gasteiger partial charge in [-0.1, -0.05) is 35.3 Å². The minimum absolute atomic E-state index is 0.502. The summed E-state index contributed by atoms with van der Waals surface area (Å²) < 4.78 is 0. The highest BCUT2D eigenvalue weighted by Gasteiger charge is 2.00. The van der Waals surface area contributed by atoms with Crippen molar-refractivity contribution < 1.29 is 0 Å². The van der Waals surface area contributed by atoms with E-state index in [4.69, 9.17) is 23.2 Å². The molecule has 8 heteroatoms. The maximum atomic E-state index is 5.79. The summed E-state index contributed by atoms with van der Waals surface area (Å²) in [4.78, 5) is 16.6. The summed E-state index contributed by atoms with van der Waals surface area (Å²) >= 11 is 11.6. The summed E-state index contributed by atoms with van der Waals surface area (Å²) in [5.74, 6) is 1.55. The minimum atomic E-state index is 0.502. The Balaban J connectivity index is 1.45. The fraction of sp³-hybridized carbons (Fsp3) is 0.222. The first kappa shape index (κ1) is 18.4. The molecule has 0 atom stereocenters. The van der Waals surface area contributed by atoms with E-state index < -0.39 is 0 Å². The predicted octanol–water partition coefficient (Wildman–Crippen LogP) is 3.88. The smallest absolute Gasteiger partial charge is 0.131 e. The van der Waals surface area contributed by atoms with E-state index in [9.17, 15) is 0 Å². The summed E-state index contributed by atoms with van der Waals surface area (Å²) in [5, 5.41) is 7.58. The van der Waals surface area contributed by atoms with E-state index in [1.165, 1.54) is 0 Å². The molecule has 3 aromatic rings. The molecule has 3 heterocycles. The van der Waals surface area contributed by atoms with Crippen molar-refractivity contribution in [1.82, 2.24) is 19.9 Å². The van der Waals surface area contributed by atoms with Gasteiger partial charge in [-0.25, -0.2) is 19.9 Å². The van der Waals surface area contributed by atoms with Crippen molar-refractivity contribution in [1.29, 1.82) is 0 Å². The standard InChI is InChI=1S/C18H18Cl2N6/c19-15-3-1-13(10-23-15)5-7-21-17-9-18(26-12-25-17)22-8-6-14-2-4-16(20)24-11-14/h1-4,9-12H,5-8H2,(H2,21,22,25,26). The molecule has 0 saturated carbocycles.